The second-order valence-electron chi connectivity index (χ2n) is 10.7. The van der Waals surface area contributed by atoms with Crippen LogP contribution in [-0.4, -0.2) is 134 Å². The van der Waals surface area contributed by atoms with E-state index in [1.54, 1.807) is 13.8 Å². The maximum Gasteiger partial charge on any atom is 0.249 e. The van der Waals surface area contributed by atoms with E-state index in [-0.39, 0.29) is 19.4 Å². The summed E-state index contributed by atoms with van der Waals surface area (Å²) in [5, 5.41) is 74.9. The Bertz CT molecular complexity index is 762. The molecule has 0 aromatic rings. The van der Waals surface area contributed by atoms with E-state index < -0.39 is 104 Å². The topological polar surface area (TPSA) is 234 Å². The zero-order valence-corrected chi connectivity index (χ0v) is 21.9. The molecule has 1 saturated carbocycles. The van der Waals surface area contributed by atoms with Crippen LogP contribution in [0, 0.1) is 11.8 Å². The number of nitrogens with two attached hydrogens (primary N) is 1. The third kappa shape index (κ3) is 6.65. The molecule has 2 aliphatic heterocycles. The summed E-state index contributed by atoms with van der Waals surface area (Å²) in [6, 6.07) is -0.857. The number of carbonyl (C=O) groups is 1. The van der Waals surface area contributed by atoms with Crippen LogP contribution in [0.4, 0.5) is 0 Å². The first-order valence-electron chi connectivity index (χ1n) is 13.3. The average Bonchev–Trinajstić information content (AvgIpc) is 3.16. The number of ether oxygens (including phenoxy) is 4. The van der Waals surface area contributed by atoms with Gasteiger partial charge in [-0.25, -0.2) is 0 Å². The minimum atomic E-state index is -1.48. The minimum Gasteiger partial charge on any atom is -0.394 e. The summed E-state index contributed by atoms with van der Waals surface area (Å²) < 4.78 is 23.4. The summed E-state index contributed by atoms with van der Waals surface area (Å²) in [6.45, 7) is 4.53. The van der Waals surface area contributed by atoms with Crippen molar-refractivity contribution in [1.29, 1.82) is 0 Å². The van der Waals surface area contributed by atoms with Crippen molar-refractivity contribution in [1.82, 2.24) is 5.32 Å². The van der Waals surface area contributed by atoms with Gasteiger partial charge in [-0.1, -0.05) is 27.2 Å². The Morgan fingerprint density at radius 3 is 2.13 bits per heavy atom. The van der Waals surface area contributed by atoms with E-state index >= 15 is 0 Å². The molecular weight excluding hydrogens is 508 g/mol. The molecule has 1 amide bonds. The molecule has 0 aromatic heterocycles. The number of rotatable bonds is 10. The third-order valence-corrected chi connectivity index (χ3v) is 7.77. The van der Waals surface area contributed by atoms with Gasteiger partial charge >= 0.3 is 0 Å². The first-order valence-corrected chi connectivity index (χ1v) is 13.3. The summed E-state index contributed by atoms with van der Waals surface area (Å²) in [5.74, 6) is -1.78. The van der Waals surface area contributed by atoms with Crippen LogP contribution in [-0.2, 0) is 23.7 Å². The molecule has 3 aliphatic rings. The van der Waals surface area contributed by atoms with Gasteiger partial charge in [-0.3, -0.25) is 4.79 Å². The molecule has 0 spiro atoms. The number of aliphatic hydroxyl groups is 7. The van der Waals surface area contributed by atoms with Crippen molar-refractivity contribution < 1.29 is 59.5 Å². The SMILES string of the molecule is CCC[C@H](O)C(=O)N[C@@H]1CC(C)[C@@H](O[C@H]2OC(CO)[C@@H](O)[C@H](O)C2C)C(O[C@@H]2O[C@H](CN)C(O)[C@@H]2O)[C@@H]1O. The Balaban J connectivity index is 1.84. The predicted octanol–water partition coefficient (Wildman–Crippen LogP) is -3.72. The summed E-state index contributed by atoms with van der Waals surface area (Å²) in [6.07, 6.45) is -13.7. The molecule has 0 bridgehead atoms. The van der Waals surface area contributed by atoms with E-state index in [2.05, 4.69) is 5.32 Å². The van der Waals surface area contributed by atoms with Crippen LogP contribution in [0.3, 0.4) is 0 Å². The zero-order chi connectivity index (χ0) is 28.3. The van der Waals surface area contributed by atoms with Gasteiger partial charge in [0.15, 0.2) is 12.6 Å². The summed E-state index contributed by atoms with van der Waals surface area (Å²) in [7, 11) is 0. The van der Waals surface area contributed by atoms with Gasteiger partial charge in [0, 0.05) is 12.5 Å². The molecule has 10 N–H and O–H groups in total. The van der Waals surface area contributed by atoms with Crippen LogP contribution in [0.5, 0.6) is 0 Å². The maximum atomic E-state index is 12.5. The molecule has 0 radical (unpaired) electrons. The number of hydrogen-bond acceptors (Lipinski definition) is 13. The second-order valence-corrected chi connectivity index (χ2v) is 10.7. The quantitative estimate of drug-likeness (QED) is 0.127. The first kappa shape index (κ1) is 31.5. The van der Waals surface area contributed by atoms with E-state index in [0.29, 0.717) is 6.42 Å². The first-order chi connectivity index (χ1) is 17.9. The molecule has 222 valence electrons. The largest absolute Gasteiger partial charge is 0.394 e. The van der Waals surface area contributed by atoms with Gasteiger partial charge in [-0.05, 0) is 18.8 Å². The zero-order valence-electron chi connectivity index (χ0n) is 21.9. The number of hydrogen-bond donors (Lipinski definition) is 9. The Morgan fingerprint density at radius 2 is 1.55 bits per heavy atom. The van der Waals surface area contributed by atoms with Crippen molar-refractivity contribution in [2.75, 3.05) is 13.2 Å². The fourth-order valence-corrected chi connectivity index (χ4v) is 5.33. The van der Waals surface area contributed by atoms with Gasteiger partial charge in [0.25, 0.3) is 0 Å². The highest BCUT2D eigenvalue weighted by Gasteiger charge is 2.52. The molecule has 5 unspecified atom stereocenters. The van der Waals surface area contributed by atoms with E-state index in [9.17, 15) is 40.5 Å². The molecule has 38 heavy (non-hydrogen) atoms. The summed E-state index contributed by atoms with van der Waals surface area (Å²) >= 11 is 0. The van der Waals surface area contributed by atoms with Gasteiger partial charge in [0.05, 0.1) is 24.9 Å². The fourth-order valence-electron chi connectivity index (χ4n) is 5.33. The highest BCUT2D eigenvalue weighted by Crippen LogP contribution is 2.36. The molecule has 2 heterocycles. The molecule has 1 aliphatic carbocycles. The third-order valence-electron chi connectivity index (χ3n) is 7.77. The average molecular weight is 553 g/mol. The summed E-state index contributed by atoms with van der Waals surface area (Å²) in [4.78, 5) is 12.5. The summed E-state index contributed by atoms with van der Waals surface area (Å²) in [5.41, 5.74) is 5.60. The Morgan fingerprint density at radius 1 is 0.947 bits per heavy atom. The Kier molecular flexibility index (Phi) is 11.3. The van der Waals surface area contributed by atoms with Crippen LogP contribution < -0.4 is 11.1 Å². The van der Waals surface area contributed by atoms with E-state index in [1.807, 2.05) is 6.92 Å². The van der Waals surface area contributed by atoms with Crippen LogP contribution >= 0.6 is 0 Å². The molecule has 15 atom stereocenters. The van der Waals surface area contributed by atoms with Crippen molar-refractivity contribution in [2.24, 2.45) is 17.6 Å². The predicted molar refractivity (Wildman–Crippen MR) is 129 cm³/mol. The fraction of sp³-hybridized carbons (Fsp3) is 0.958. The van der Waals surface area contributed by atoms with E-state index in [1.165, 1.54) is 0 Å². The smallest absolute Gasteiger partial charge is 0.249 e. The lowest BCUT2D eigenvalue weighted by molar-refractivity contribution is -0.325. The second kappa shape index (κ2) is 13.6. The monoisotopic (exact) mass is 552 g/mol. The Hall–Kier alpha value is -1.01. The molecule has 3 fully saturated rings. The van der Waals surface area contributed by atoms with Crippen molar-refractivity contribution in [3.63, 3.8) is 0 Å². The van der Waals surface area contributed by atoms with Gasteiger partial charge in [0.2, 0.25) is 5.91 Å². The van der Waals surface area contributed by atoms with Crippen molar-refractivity contribution in [3.05, 3.63) is 0 Å². The number of carbonyl (C=O) groups excluding carboxylic acids is 1. The van der Waals surface area contributed by atoms with Crippen molar-refractivity contribution in [3.8, 4) is 0 Å². The molecule has 2 saturated heterocycles. The highest BCUT2D eigenvalue weighted by molar-refractivity contribution is 5.80. The van der Waals surface area contributed by atoms with Crippen LogP contribution in [0.25, 0.3) is 0 Å². The van der Waals surface area contributed by atoms with Crippen molar-refractivity contribution >= 4 is 5.91 Å². The minimum absolute atomic E-state index is 0.0914. The highest BCUT2D eigenvalue weighted by atomic mass is 16.7. The normalized spacial score (nSPS) is 46.6. The molecular formula is C24H44N2O12. The molecule has 0 aromatic carbocycles. The molecule has 14 heteroatoms. The van der Waals surface area contributed by atoms with Crippen LogP contribution in [0.15, 0.2) is 0 Å². The van der Waals surface area contributed by atoms with Gasteiger partial charge in [0.1, 0.15) is 48.8 Å². The van der Waals surface area contributed by atoms with E-state index in [4.69, 9.17) is 24.7 Å². The van der Waals surface area contributed by atoms with Gasteiger partial charge in [-0.15, -0.1) is 0 Å². The van der Waals surface area contributed by atoms with Gasteiger partial charge < -0.3 is 65.7 Å². The van der Waals surface area contributed by atoms with E-state index in [0.717, 1.165) is 0 Å². The lowest BCUT2D eigenvalue weighted by Crippen LogP contribution is -2.64. The van der Waals surface area contributed by atoms with Gasteiger partial charge in [-0.2, -0.15) is 0 Å². The molecule has 14 nitrogen and oxygen atoms in total. The number of aliphatic hydroxyl groups excluding tert-OH is 7. The lowest BCUT2D eigenvalue weighted by Gasteiger charge is -2.48. The number of nitrogens with one attached hydrogen (secondary N) is 1. The van der Waals surface area contributed by atoms with Crippen LogP contribution in [0.2, 0.25) is 0 Å². The maximum absolute atomic E-state index is 12.5. The molecule has 3 rings (SSSR count). The van der Waals surface area contributed by atoms with Crippen LogP contribution in [0.1, 0.15) is 40.0 Å². The standard InChI is InChI=1S/C24H44N2O12/c1-4-5-12(28)22(34)26-11-6-9(2)20(37-23-10(3)15(29)18(32)14(8-27)36-23)21(16(11)30)38-24-19(33)17(31)13(7-25)35-24/h9-21,23-24,27-33H,4-8,25H2,1-3H3,(H,26,34)/t9?,10?,11-,12+,13-,14?,15-,16-,17?,18-,19+,20-,21?,23-,24+/m1/s1. The lowest BCUT2D eigenvalue weighted by atomic mass is 9.79. The number of amides is 1. The van der Waals surface area contributed by atoms with Crippen molar-refractivity contribution in [2.45, 2.75) is 120 Å². The Labute approximate surface area is 221 Å².